The molecule has 0 saturated heterocycles. The highest BCUT2D eigenvalue weighted by Gasteiger charge is 2.17. The zero-order valence-corrected chi connectivity index (χ0v) is 16.2. The summed E-state index contributed by atoms with van der Waals surface area (Å²) in [6.45, 7) is 2.45. The fourth-order valence-electron chi connectivity index (χ4n) is 3.15. The summed E-state index contributed by atoms with van der Waals surface area (Å²) in [5, 5.41) is 0.379. The van der Waals surface area contributed by atoms with E-state index in [0.29, 0.717) is 28.9 Å². The number of ether oxygens (including phenoxy) is 1. The molecule has 0 N–H and O–H groups in total. The van der Waals surface area contributed by atoms with E-state index in [-0.39, 0.29) is 12.5 Å². The summed E-state index contributed by atoms with van der Waals surface area (Å²) in [4.78, 5) is 40.4. The third kappa shape index (κ3) is 3.55. The van der Waals surface area contributed by atoms with E-state index >= 15 is 0 Å². The van der Waals surface area contributed by atoms with Crippen molar-refractivity contribution >= 4 is 16.8 Å². The van der Waals surface area contributed by atoms with Gasteiger partial charge in [-0.1, -0.05) is 19.1 Å². The molecule has 3 aromatic rings. The number of para-hydroxylation sites is 1. The summed E-state index contributed by atoms with van der Waals surface area (Å²) < 4.78 is 7.59. The van der Waals surface area contributed by atoms with Crippen LogP contribution in [-0.4, -0.2) is 40.6 Å². The molecule has 0 saturated carbocycles. The van der Waals surface area contributed by atoms with Gasteiger partial charge in [0.15, 0.2) is 0 Å². The van der Waals surface area contributed by atoms with Crippen LogP contribution in [0, 0.1) is 0 Å². The number of carbonyl (C=O) groups excluding carboxylic acids is 1. The Hall–Kier alpha value is -3.35. The second-order valence-electron chi connectivity index (χ2n) is 6.54. The molecule has 7 heteroatoms. The Kier molecular flexibility index (Phi) is 5.63. The van der Waals surface area contributed by atoms with E-state index < -0.39 is 11.2 Å². The van der Waals surface area contributed by atoms with Gasteiger partial charge in [-0.05, 0) is 42.8 Å². The van der Waals surface area contributed by atoms with Gasteiger partial charge in [0.05, 0.1) is 23.7 Å². The first-order valence-corrected chi connectivity index (χ1v) is 9.11. The highest BCUT2D eigenvalue weighted by molar-refractivity contribution is 5.81. The molecule has 1 aromatic heterocycles. The number of benzene rings is 2. The molecule has 3 rings (SSSR count). The average molecular weight is 381 g/mol. The summed E-state index contributed by atoms with van der Waals surface area (Å²) in [5.74, 6) is 0.434. The normalized spacial score (nSPS) is 10.8. The minimum Gasteiger partial charge on any atom is -0.497 e. The maximum atomic E-state index is 13.2. The predicted molar refractivity (Wildman–Crippen MR) is 108 cm³/mol. The van der Waals surface area contributed by atoms with Crippen LogP contribution in [0.2, 0.25) is 0 Å². The Bertz CT molecular complexity index is 1110. The molecule has 0 radical (unpaired) electrons. The van der Waals surface area contributed by atoms with Crippen molar-refractivity contribution in [2.75, 3.05) is 20.7 Å². The van der Waals surface area contributed by atoms with Crippen molar-refractivity contribution in [3.8, 4) is 11.4 Å². The zero-order chi connectivity index (χ0) is 20.3. The Morgan fingerprint density at radius 1 is 1.07 bits per heavy atom. The molecule has 28 heavy (non-hydrogen) atoms. The van der Waals surface area contributed by atoms with E-state index in [4.69, 9.17) is 4.74 Å². The number of likely N-dealkylation sites (N-methyl/N-ethyl adjacent to an activating group) is 1. The topological polar surface area (TPSA) is 73.5 Å². The average Bonchev–Trinajstić information content (AvgIpc) is 2.71. The molecule has 0 unspecified atom stereocenters. The maximum absolute atomic E-state index is 13.2. The fraction of sp³-hybridized carbons (Fsp3) is 0.286. The smallest absolute Gasteiger partial charge is 0.336 e. The van der Waals surface area contributed by atoms with Crippen LogP contribution in [0.15, 0.2) is 58.1 Å². The van der Waals surface area contributed by atoms with Crippen molar-refractivity contribution in [3.05, 3.63) is 69.4 Å². The highest BCUT2D eigenvalue weighted by atomic mass is 16.5. The molecule has 1 amide bonds. The number of methoxy groups -OCH3 is 1. The Morgan fingerprint density at radius 2 is 1.75 bits per heavy atom. The van der Waals surface area contributed by atoms with Crippen LogP contribution < -0.4 is 16.0 Å². The van der Waals surface area contributed by atoms with Crippen molar-refractivity contribution in [2.24, 2.45) is 0 Å². The Morgan fingerprint density at radius 3 is 2.39 bits per heavy atom. The van der Waals surface area contributed by atoms with Gasteiger partial charge in [0, 0.05) is 13.6 Å². The lowest BCUT2D eigenvalue weighted by Gasteiger charge is -2.19. The predicted octanol–water partition coefficient (Wildman–Crippen LogP) is 2.03. The van der Waals surface area contributed by atoms with Crippen molar-refractivity contribution in [2.45, 2.75) is 19.9 Å². The van der Waals surface area contributed by atoms with Crippen LogP contribution in [0.5, 0.6) is 5.75 Å². The number of fused-ring (bicyclic) bond motifs is 1. The minimum atomic E-state index is -0.549. The quantitative estimate of drug-likeness (QED) is 0.655. The second-order valence-corrected chi connectivity index (χ2v) is 6.54. The van der Waals surface area contributed by atoms with Crippen LogP contribution in [0.4, 0.5) is 0 Å². The third-order valence-corrected chi connectivity index (χ3v) is 4.66. The summed E-state index contributed by atoms with van der Waals surface area (Å²) in [6.07, 6.45) is 0.823. The monoisotopic (exact) mass is 381 g/mol. The molecule has 1 heterocycles. The number of amides is 1. The molecule has 0 aliphatic rings. The van der Waals surface area contributed by atoms with Gasteiger partial charge < -0.3 is 9.64 Å². The summed E-state index contributed by atoms with van der Waals surface area (Å²) in [7, 11) is 3.25. The van der Waals surface area contributed by atoms with Gasteiger partial charge in [0.1, 0.15) is 12.3 Å². The molecule has 0 bridgehead atoms. The van der Waals surface area contributed by atoms with Crippen molar-refractivity contribution in [1.29, 1.82) is 0 Å². The van der Waals surface area contributed by atoms with Crippen LogP contribution in [0.1, 0.15) is 13.3 Å². The number of carbonyl (C=O) groups is 1. The molecular weight excluding hydrogens is 358 g/mol. The van der Waals surface area contributed by atoms with Crippen LogP contribution >= 0.6 is 0 Å². The first-order chi connectivity index (χ1) is 13.5. The Balaban J connectivity index is 2.21. The molecule has 0 fully saturated rings. The number of nitrogens with zero attached hydrogens (tertiary/aromatic N) is 3. The molecule has 0 spiro atoms. The van der Waals surface area contributed by atoms with E-state index in [1.54, 1.807) is 67.6 Å². The van der Waals surface area contributed by atoms with Crippen LogP contribution in [-0.2, 0) is 11.3 Å². The molecule has 0 aliphatic heterocycles. The van der Waals surface area contributed by atoms with Crippen LogP contribution in [0.25, 0.3) is 16.6 Å². The van der Waals surface area contributed by atoms with Crippen molar-refractivity contribution < 1.29 is 9.53 Å². The largest absolute Gasteiger partial charge is 0.497 e. The lowest BCUT2D eigenvalue weighted by molar-refractivity contribution is -0.130. The van der Waals surface area contributed by atoms with Gasteiger partial charge in [0.2, 0.25) is 5.91 Å². The first-order valence-electron chi connectivity index (χ1n) is 9.11. The van der Waals surface area contributed by atoms with E-state index in [1.807, 2.05) is 6.92 Å². The number of hydrogen-bond acceptors (Lipinski definition) is 4. The summed E-state index contributed by atoms with van der Waals surface area (Å²) in [6, 6.07) is 13.5. The van der Waals surface area contributed by atoms with Crippen LogP contribution in [0.3, 0.4) is 0 Å². The molecule has 0 aliphatic carbocycles. The molecule has 7 nitrogen and oxygen atoms in total. The van der Waals surface area contributed by atoms with Crippen molar-refractivity contribution in [1.82, 2.24) is 14.0 Å². The second kappa shape index (κ2) is 8.12. The lowest BCUT2D eigenvalue weighted by atomic mass is 10.2. The molecule has 2 aromatic carbocycles. The third-order valence-electron chi connectivity index (χ3n) is 4.66. The van der Waals surface area contributed by atoms with E-state index in [0.717, 1.165) is 11.0 Å². The Labute approximate surface area is 162 Å². The van der Waals surface area contributed by atoms with E-state index in [1.165, 1.54) is 4.57 Å². The van der Waals surface area contributed by atoms with Crippen molar-refractivity contribution in [3.63, 3.8) is 0 Å². The fourth-order valence-corrected chi connectivity index (χ4v) is 3.15. The van der Waals surface area contributed by atoms with Gasteiger partial charge in [0.25, 0.3) is 5.56 Å². The number of hydrogen-bond donors (Lipinski definition) is 0. The first kappa shape index (κ1) is 19.4. The molecular formula is C21H23N3O4. The molecule has 146 valence electrons. The van der Waals surface area contributed by atoms with Gasteiger partial charge in [-0.15, -0.1) is 0 Å². The maximum Gasteiger partial charge on any atom is 0.336 e. The standard InChI is InChI=1S/C21H23N3O4/c1-4-13-22(2)19(25)14-23-18-8-6-5-7-17(18)20(26)24(21(23)27)15-9-11-16(28-3)12-10-15/h5-12H,4,13-14H2,1-3H3. The zero-order valence-electron chi connectivity index (χ0n) is 16.2. The van der Waals surface area contributed by atoms with E-state index in [2.05, 4.69) is 0 Å². The lowest BCUT2D eigenvalue weighted by Crippen LogP contribution is -2.42. The minimum absolute atomic E-state index is 0.133. The van der Waals surface area contributed by atoms with Gasteiger partial charge >= 0.3 is 5.69 Å². The van der Waals surface area contributed by atoms with Gasteiger partial charge in [-0.3, -0.25) is 14.2 Å². The van der Waals surface area contributed by atoms with Gasteiger partial charge in [-0.25, -0.2) is 9.36 Å². The molecule has 0 atom stereocenters. The summed E-state index contributed by atoms with van der Waals surface area (Å²) in [5.41, 5.74) is -0.103. The highest BCUT2D eigenvalue weighted by Crippen LogP contribution is 2.14. The van der Waals surface area contributed by atoms with E-state index in [9.17, 15) is 14.4 Å². The number of rotatable bonds is 6. The SMILES string of the molecule is CCCN(C)C(=O)Cn1c(=O)n(-c2ccc(OC)cc2)c(=O)c2ccccc21. The van der Waals surface area contributed by atoms with Gasteiger partial charge in [-0.2, -0.15) is 0 Å². The summed E-state index contributed by atoms with van der Waals surface area (Å²) >= 11 is 0. The number of aromatic nitrogens is 2.